The quantitative estimate of drug-likeness (QED) is 0.369. The Kier molecular flexibility index (Phi) is 7.14. The van der Waals surface area contributed by atoms with Gasteiger partial charge in [-0.3, -0.25) is 4.79 Å². The molecule has 0 aliphatic carbocycles. The number of nitrogens with one attached hydrogen (secondary N) is 1. The zero-order valence-electron chi connectivity index (χ0n) is 15.8. The van der Waals surface area contributed by atoms with E-state index in [1.54, 1.807) is 29.8 Å². The Morgan fingerprint density at radius 3 is 3.04 bits per heavy atom. The minimum absolute atomic E-state index is 0.0505. The van der Waals surface area contributed by atoms with E-state index in [9.17, 15) is 9.18 Å². The number of amides is 1. The van der Waals surface area contributed by atoms with E-state index in [0.717, 1.165) is 29.5 Å². The fourth-order valence-electron chi connectivity index (χ4n) is 2.83. The maximum absolute atomic E-state index is 14.6. The molecule has 0 atom stereocenters. The first-order valence-corrected chi connectivity index (χ1v) is 10.2. The zero-order chi connectivity index (χ0) is 19.8. The maximum Gasteiger partial charge on any atom is 0.228 e. The predicted octanol–water partition coefficient (Wildman–Crippen LogP) is 5.74. The van der Waals surface area contributed by atoms with E-state index in [0.29, 0.717) is 17.9 Å². The van der Waals surface area contributed by atoms with Crippen LogP contribution in [0.1, 0.15) is 31.7 Å². The Morgan fingerprint density at radius 2 is 2.18 bits per heavy atom. The Morgan fingerprint density at radius 1 is 1.29 bits per heavy atom. The number of carbonyl (C=O) groups excluding carboxylic acids is 1. The molecule has 0 bridgehead atoms. The van der Waals surface area contributed by atoms with Gasteiger partial charge in [0.1, 0.15) is 0 Å². The third-order valence-electron chi connectivity index (χ3n) is 4.27. The summed E-state index contributed by atoms with van der Waals surface area (Å²) in [6, 6.07) is 10.4. The van der Waals surface area contributed by atoms with Gasteiger partial charge in [-0.25, -0.2) is 9.37 Å². The topological polar surface area (TPSA) is 51.2 Å². The lowest BCUT2D eigenvalue weighted by atomic mass is 10.1. The minimum atomic E-state index is -0.469. The fourth-order valence-corrected chi connectivity index (χ4v) is 3.54. The van der Waals surface area contributed by atoms with Crippen LogP contribution < -0.4 is 10.1 Å². The molecule has 1 aromatic heterocycles. The second-order valence-electron chi connectivity index (χ2n) is 6.40. The van der Waals surface area contributed by atoms with Gasteiger partial charge in [-0.2, -0.15) is 0 Å². The average molecular weight is 399 g/mol. The molecule has 0 saturated heterocycles. The average Bonchev–Trinajstić information content (AvgIpc) is 3.15. The number of ether oxygens (including phenoxy) is 1. The lowest BCUT2D eigenvalue weighted by molar-refractivity contribution is -0.115. The maximum atomic E-state index is 14.6. The fraction of sp³-hybridized carbons (Fsp3) is 0.273. The van der Waals surface area contributed by atoms with Crippen LogP contribution in [0.4, 0.5) is 10.1 Å². The highest BCUT2D eigenvalue weighted by atomic mass is 32.1. The number of anilines is 1. The van der Waals surface area contributed by atoms with Crippen molar-refractivity contribution in [1.82, 2.24) is 4.98 Å². The highest BCUT2D eigenvalue weighted by Gasteiger charge is 2.13. The molecule has 0 aliphatic heterocycles. The monoisotopic (exact) mass is 398 g/mol. The Bertz CT molecular complexity index is 968. The number of hydrogen-bond acceptors (Lipinski definition) is 4. The van der Waals surface area contributed by atoms with E-state index < -0.39 is 5.82 Å². The molecule has 1 N–H and O–H groups in total. The van der Waals surface area contributed by atoms with Gasteiger partial charge in [0.2, 0.25) is 5.91 Å². The second kappa shape index (κ2) is 9.99. The van der Waals surface area contributed by atoms with E-state index in [4.69, 9.17) is 4.74 Å². The number of carbonyl (C=O) groups is 1. The minimum Gasteiger partial charge on any atom is -0.491 e. The largest absolute Gasteiger partial charge is 0.491 e. The van der Waals surface area contributed by atoms with E-state index >= 15 is 0 Å². The molecule has 1 heterocycles. The van der Waals surface area contributed by atoms with Crippen molar-refractivity contribution < 1.29 is 13.9 Å². The van der Waals surface area contributed by atoms with E-state index in [-0.39, 0.29) is 18.1 Å². The standard InChI is InChI=1S/C22H23FN2O2S/c1-2-3-4-5-6-12-27-19-9-7-8-16(22(19)23)13-21(26)25-17-10-11-18-20(14-17)28-15-24-18/h2-3,7-11,14-15H,4-6,12-13H2,1H3,(H,25,26)/b3-2+. The van der Waals surface area contributed by atoms with Crippen LogP contribution in [0.3, 0.4) is 0 Å². The number of benzene rings is 2. The Hall–Kier alpha value is -2.73. The molecule has 2 aromatic carbocycles. The van der Waals surface area contributed by atoms with Crippen molar-refractivity contribution in [2.45, 2.75) is 32.6 Å². The summed E-state index contributed by atoms with van der Waals surface area (Å²) in [5, 5.41) is 2.82. The first-order chi connectivity index (χ1) is 13.7. The SMILES string of the molecule is C/C=C/CCCCOc1cccc(CC(=O)Nc2ccc3ncsc3c2)c1F. The first kappa shape index (κ1) is 20.0. The smallest absolute Gasteiger partial charge is 0.228 e. The third-order valence-corrected chi connectivity index (χ3v) is 5.06. The van der Waals surface area contributed by atoms with Gasteiger partial charge in [-0.05, 0) is 50.5 Å². The molecule has 0 fully saturated rings. The molecular weight excluding hydrogens is 375 g/mol. The Balaban J connectivity index is 1.56. The number of aromatic nitrogens is 1. The van der Waals surface area contributed by atoms with Crippen LogP contribution in [-0.2, 0) is 11.2 Å². The van der Waals surface area contributed by atoms with Gasteiger partial charge in [0.05, 0.1) is 28.8 Å². The molecule has 0 unspecified atom stereocenters. The highest BCUT2D eigenvalue weighted by molar-refractivity contribution is 7.16. The molecule has 3 aromatic rings. The summed E-state index contributed by atoms with van der Waals surface area (Å²) >= 11 is 1.51. The summed E-state index contributed by atoms with van der Waals surface area (Å²) < 4.78 is 21.2. The number of fused-ring (bicyclic) bond motifs is 1. The van der Waals surface area contributed by atoms with Gasteiger partial charge in [-0.1, -0.05) is 24.3 Å². The number of hydrogen-bond donors (Lipinski definition) is 1. The van der Waals surface area contributed by atoms with Crippen LogP contribution in [0.25, 0.3) is 10.2 Å². The van der Waals surface area contributed by atoms with Crippen molar-refractivity contribution in [2.24, 2.45) is 0 Å². The van der Waals surface area contributed by atoms with Crippen LogP contribution in [-0.4, -0.2) is 17.5 Å². The van der Waals surface area contributed by atoms with Gasteiger partial charge in [0.15, 0.2) is 11.6 Å². The van der Waals surface area contributed by atoms with E-state index in [2.05, 4.69) is 16.4 Å². The van der Waals surface area contributed by atoms with Crippen molar-refractivity contribution in [2.75, 3.05) is 11.9 Å². The molecule has 1 amide bonds. The molecule has 3 rings (SSSR count). The Labute approximate surface area is 168 Å². The van der Waals surface area contributed by atoms with Crippen molar-refractivity contribution in [3.8, 4) is 5.75 Å². The second-order valence-corrected chi connectivity index (χ2v) is 7.29. The number of unbranched alkanes of at least 4 members (excludes halogenated alkanes) is 2. The van der Waals surface area contributed by atoms with Crippen molar-refractivity contribution >= 4 is 33.1 Å². The van der Waals surface area contributed by atoms with Crippen LogP contribution in [0.5, 0.6) is 5.75 Å². The van der Waals surface area contributed by atoms with Crippen molar-refractivity contribution in [3.63, 3.8) is 0 Å². The zero-order valence-corrected chi connectivity index (χ0v) is 16.6. The molecule has 0 aliphatic rings. The predicted molar refractivity (Wildman–Crippen MR) is 113 cm³/mol. The van der Waals surface area contributed by atoms with Crippen molar-refractivity contribution in [3.05, 3.63) is 65.4 Å². The number of halogens is 1. The molecule has 4 nitrogen and oxygen atoms in total. The number of allylic oxidation sites excluding steroid dienone is 2. The lowest BCUT2D eigenvalue weighted by Gasteiger charge is -2.10. The number of thiazole rings is 1. The molecule has 0 radical (unpaired) electrons. The van der Waals surface area contributed by atoms with E-state index in [1.807, 2.05) is 25.1 Å². The van der Waals surface area contributed by atoms with Gasteiger partial charge in [-0.15, -0.1) is 11.3 Å². The molecule has 146 valence electrons. The van der Waals surface area contributed by atoms with Crippen LogP contribution in [0.15, 0.2) is 54.1 Å². The number of rotatable bonds is 9. The molecular formula is C22H23FN2O2S. The molecule has 6 heteroatoms. The summed E-state index contributed by atoms with van der Waals surface area (Å²) in [5.41, 5.74) is 3.65. The summed E-state index contributed by atoms with van der Waals surface area (Å²) in [6.45, 7) is 2.45. The number of nitrogens with zero attached hydrogens (tertiary/aromatic N) is 1. The van der Waals surface area contributed by atoms with Crippen LogP contribution in [0, 0.1) is 5.82 Å². The molecule has 28 heavy (non-hydrogen) atoms. The van der Waals surface area contributed by atoms with Gasteiger partial charge < -0.3 is 10.1 Å². The summed E-state index contributed by atoms with van der Waals surface area (Å²) in [6.07, 6.45) is 6.92. The third kappa shape index (κ3) is 5.39. The van der Waals surface area contributed by atoms with Gasteiger partial charge in [0.25, 0.3) is 0 Å². The highest BCUT2D eigenvalue weighted by Crippen LogP contribution is 2.24. The van der Waals surface area contributed by atoms with Gasteiger partial charge in [0, 0.05) is 11.3 Å². The van der Waals surface area contributed by atoms with Gasteiger partial charge >= 0.3 is 0 Å². The van der Waals surface area contributed by atoms with Crippen molar-refractivity contribution in [1.29, 1.82) is 0 Å². The van der Waals surface area contributed by atoms with E-state index in [1.165, 1.54) is 11.3 Å². The first-order valence-electron chi connectivity index (χ1n) is 9.32. The summed E-state index contributed by atoms with van der Waals surface area (Å²) in [4.78, 5) is 16.6. The molecule has 0 spiro atoms. The van der Waals surface area contributed by atoms with Crippen LogP contribution >= 0.6 is 11.3 Å². The van der Waals surface area contributed by atoms with Crippen LogP contribution in [0.2, 0.25) is 0 Å². The normalized spacial score (nSPS) is 11.2. The summed E-state index contributed by atoms with van der Waals surface area (Å²) in [7, 11) is 0. The molecule has 0 saturated carbocycles. The lowest BCUT2D eigenvalue weighted by Crippen LogP contribution is -2.15. The summed E-state index contributed by atoms with van der Waals surface area (Å²) in [5.74, 6) is -0.544.